The number of rotatable bonds is 6. The molecule has 0 unspecified atom stereocenters. The molecule has 2 rings (SSSR count). The maximum absolute atomic E-state index is 5.89. The smallest absolute Gasteiger partial charge is 0.256 e. The molecule has 0 aromatic carbocycles. The number of halogens is 1. The second kappa shape index (κ2) is 5.97. The van der Waals surface area contributed by atoms with Gasteiger partial charge in [-0.2, -0.15) is 19.6 Å². The maximum atomic E-state index is 5.89. The Bertz CT molecular complexity index is 511. The fourth-order valence-electron chi connectivity index (χ4n) is 1.68. The Kier molecular flexibility index (Phi) is 4.33. The third-order valence-electron chi connectivity index (χ3n) is 2.74. The SMILES string of the molecule is CCN(CC)CCOc1cc(Cl)nc2ncnn12. The lowest BCUT2D eigenvalue weighted by molar-refractivity contribution is 0.214. The Morgan fingerprint density at radius 3 is 2.89 bits per heavy atom. The first-order valence-corrected chi connectivity index (χ1v) is 6.33. The molecule has 0 aliphatic carbocycles. The molecule has 18 heavy (non-hydrogen) atoms. The van der Waals surface area contributed by atoms with Gasteiger partial charge >= 0.3 is 0 Å². The summed E-state index contributed by atoms with van der Waals surface area (Å²) in [6, 6.07) is 1.64. The van der Waals surface area contributed by atoms with Crippen LogP contribution in [0.3, 0.4) is 0 Å². The monoisotopic (exact) mass is 269 g/mol. The quantitative estimate of drug-likeness (QED) is 0.744. The van der Waals surface area contributed by atoms with E-state index in [1.54, 1.807) is 6.07 Å². The predicted octanol–water partition coefficient (Wildman–Crippen LogP) is 1.50. The van der Waals surface area contributed by atoms with Gasteiger partial charge in [0.05, 0.1) is 0 Å². The van der Waals surface area contributed by atoms with E-state index in [0.717, 1.165) is 19.6 Å². The normalized spacial score (nSPS) is 11.3. The number of nitrogens with zero attached hydrogens (tertiary/aromatic N) is 5. The standard InChI is InChI=1S/C11H16ClN5O/c1-3-16(4-2)5-6-18-10-7-9(12)15-11-13-8-14-17(10)11/h7-8H,3-6H2,1-2H3. The molecule has 0 atom stereocenters. The first-order chi connectivity index (χ1) is 8.74. The van der Waals surface area contributed by atoms with E-state index < -0.39 is 0 Å². The molecule has 0 N–H and O–H groups in total. The Morgan fingerprint density at radius 2 is 2.17 bits per heavy atom. The van der Waals surface area contributed by atoms with Gasteiger partial charge in [-0.25, -0.2) is 0 Å². The number of ether oxygens (including phenoxy) is 1. The van der Waals surface area contributed by atoms with Crippen molar-refractivity contribution in [3.63, 3.8) is 0 Å². The van der Waals surface area contributed by atoms with E-state index in [0.29, 0.717) is 23.4 Å². The molecule has 0 amide bonds. The van der Waals surface area contributed by atoms with Crippen LogP contribution in [0.2, 0.25) is 5.15 Å². The lowest BCUT2D eigenvalue weighted by Crippen LogP contribution is -2.28. The minimum absolute atomic E-state index is 0.355. The van der Waals surface area contributed by atoms with Gasteiger partial charge in [-0.3, -0.25) is 0 Å². The van der Waals surface area contributed by atoms with Crippen LogP contribution < -0.4 is 4.74 Å². The van der Waals surface area contributed by atoms with Crippen molar-refractivity contribution in [3.05, 3.63) is 17.5 Å². The summed E-state index contributed by atoms with van der Waals surface area (Å²) in [5.41, 5.74) is 0. The first kappa shape index (κ1) is 13.0. The summed E-state index contributed by atoms with van der Waals surface area (Å²) in [6.07, 6.45) is 1.43. The van der Waals surface area contributed by atoms with E-state index >= 15 is 0 Å². The van der Waals surface area contributed by atoms with Crippen LogP contribution in [0.15, 0.2) is 12.4 Å². The predicted molar refractivity (Wildman–Crippen MR) is 69.1 cm³/mol. The lowest BCUT2D eigenvalue weighted by atomic mass is 10.5. The fourth-order valence-corrected chi connectivity index (χ4v) is 1.85. The van der Waals surface area contributed by atoms with Crippen LogP contribution in [-0.2, 0) is 0 Å². The number of aromatic nitrogens is 4. The topological polar surface area (TPSA) is 55.5 Å². The van der Waals surface area contributed by atoms with Gasteiger partial charge < -0.3 is 9.64 Å². The van der Waals surface area contributed by atoms with Gasteiger partial charge in [-0.1, -0.05) is 25.4 Å². The van der Waals surface area contributed by atoms with E-state index in [4.69, 9.17) is 16.3 Å². The van der Waals surface area contributed by atoms with Crippen molar-refractivity contribution in [3.8, 4) is 5.88 Å². The fraction of sp³-hybridized carbons (Fsp3) is 0.545. The zero-order valence-corrected chi connectivity index (χ0v) is 11.3. The van der Waals surface area contributed by atoms with Crippen molar-refractivity contribution >= 4 is 17.4 Å². The Hall–Kier alpha value is -1.40. The first-order valence-electron chi connectivity index (χ1n) is 5.96. The molecule has 0 aliphatic heterocycles. The molecular weight excluding hydrogens is 254 g/mol. The zero-order chi connectivity index (χ0) is 13.0. The molecule has 0 bridgehead atoms. The van der Waals surface area contributed by atoms with E-state index in [2.05, 4.69) is 33.8 Å². The third kappa shape index (κ3) is 2.88. The largest absolute Gasteiger partial charge is 0.476 e. The molecule has 0 spiro atoms. The highest BCUT2D eigenvalue weighted by Crippen LogP contribution is 2.16. The summed E-state index contributed by atoms with van der Waals surface area (Å²) in [7, 11) is 0. The second-order valence-electron chi connectivity index (χ2n) is 3.76. The summed E-state index contributed by atoms with van der Waals surface area (Å²) in [6.45, 7) is 7.72. The second-order valence-corrected chi connectivity index (χ2v) is 4.15. The number of hydrogen-bond donors (Lipinski definition) is 0. The average molecular weight is 270 g/mol. The van der Waals surface area contributed by atoms with Gasteiger partial charge in [0, 0.05) is 12.6 Å². The minimum atomic E-state index is 0.355. The van der Waals surface area contributed by atoms with Crippen LogP contribution in [0.4, 0.5) is 0 Å². The van der Waals surface area contributed by atoms with Crippen LogP contribution in [-0.4, -0.2) is 50.7 Å². The summed E-state index contributed by atoms with van der Waals surface area (Å²) >= 11 is 5.89. The molecule has 0 saturated heterocycles. The molecule has 2 aromatic rings. The zero-order valence-electron chi connectivity index (χ0n) is 10.5. The Labute approximate surface area is 111 Å². The summed E-state index contributed by atoms with van der Waals surface area (Å²) in [5.74, 6) is 1.01. The van der Waals surface area contributed by atoms with E-state index in [-0.39, 0.29) is 0 Å². The number of hydrogen-bond acceptors (Lipinski definition) is 5. The van der Waals surface area contributed by atoms with Crippen molar-refractivity contribution in [1.29, 1.82) is 0 Å². The van der Waals surface area contributed by atoms with Crippen molar-refractivity contribution < 1.29 is 4.74 Å². The molecule has 6 nitrogen and oxygen atoms in total. The van der Waals surface area contributed by atoms with Crippen LogP contribution in [0.25, 0.3) is 5.78 Å². The van der Waals surface area contributed by atoms with Crippen molar-refractivity contribution in [2.45, 2.75) is 13.8 Å². The van der Waals surface area contributed by atoms with E-state index in [1.807, 2.05) is 0 Å². The van der Waals surface area contributed by atoms with Gasteiger partial charge in [0.25, 0.3) is 5.78 Å². The molecule has 2 aromatic heterocycles. The molecular formula is C11H16ClN5O. The summed E-state index contributed by atoms with van der Waals surface area (Å²) in [4.78, 5) is 10.3. The Morgan fingerprint density at radius 1 is 1.39 bits per heavy atom. The van der Waals surface area contributed by atoms with E-state index in [9.17, 15) is 0 Å². The molecule has 2 heterocycles. The number of likely N-dealkylation sites (N-methyl/N-ethyl adjacent to an activating group) is 1. The van der Waals surface area contributed by atoms with Gasteiger partial charge in [0.15, 0.2) is 0 Å². The van der Waals surface area contributed by atoms with Crippen LogP contribution in [0.1, 0.15) is 13.8 Å². The van der Waals surface area contributed by atoms with Gasteiger partial charge in [0.2, 0.25) is 5.88 Å². The molecule has 7 heteroatoms. The van der Waals surface area contributed by atoms with Crippen LogP contribution >= 0.6 is 11.6 Å². The van der Waals surface area contributed by atoms with Gasteiger partial charge in [-0.15, -0.1) is 0 Å². The van der Waals surface area contributed by atoms with Crippen molar-refractivity contribution in [2.75, 3.05) is 26.2 Å². The Balaban J connectivity index is 2.05. The van der Waals surface area contributed by atoms with Crippen molar-refractivity contribution in [2.24, 2.45) is 0 Å². The van der Waals surface area contributed by atoms with Crippen LogP contribution in [0, 0.1) is 0 Å². The summed E-state index contributed by atoms with van der Waals surface area (Å²) in [5, 5.41) is 4.40. The highest BCUT2D eigenvalue weighted by Gasteiger charge is 2.08. The minimum Gasteiger partial charge on any atom is -0.476 e. The van der Waals surface area contributed by atoms with Gasteiger partial charge in [-0.05, 0) is 13.1 Å². The number of fused-ring (bicyclic) bond motifs is 1. The maximum Gasteiger partial charge on any atom is 0.256 e. The highest BCUT2D eigenvalue weighted by atomic mass is 35.5. The summed E-state index contributed by atoms with van der Waals surface area (Å²) < 4.78 is 7.22. The molecule has 0 saturated carbocycles. The highest BCUT2D eigenvalue weighted by molar-refractivity contribution is 6.29. The molecule has 98 valence electrons. The lowest BCUT2D eigenvalue weighted by Gasteiger charge is -2.18. The van der Waals surface area contributed by atoms with Crippen LogP contribution in [0.5, 0.6) is 5.88 Å². The van der Waals surface area contributed by atoms with E-state index in [1.165, 1.54) is 10.8 Å². The molecule has 0 fully saturated rings. The van der Waals surface area contributed by atoms with Crippen molar-refractivity contribution in [1.82, 2.24) is 24.5 Å². The molecule has 0 aliphatic rings. The average Bonchev–Trinajstić information content (AvgIpc) is 2.82. The third-order valence-corrected chi connectivity index (χ3v) is 2.93. The molecule has 0 radical (unpaired) electrons. The van der Waals surface area contributed by atoms with Gasteiger partial charge in [0.1, 0.15) is 18.1 Å².